The second-order valence-electron chi connectivity index (χ2n) is 22.8. The van der Waals surface area contributed by atoms with Crippen molar-refractivity contribution >= 4 is 23.9 Å². The first-order chi connectivity index (χ1) is 39.6. The molecular weight excluding hydrogens is 1020 g/mol. The first-order valence-electron chi connectivity index (χ1n) is 33.3. The van der Waals surface area contributed by atoms with Gasteiger partial charge in [0.05, 0.1) is 6.61 Å². The van der Waals surface area contributed by atoms with E-state index in [-0.39, 0.29) is 25.9 Å². The van der Waals surface area contributed by atoms with Gasteiger partial charge in [-0.25, -0.2) is 4.79 Å². The Morgan fingerprint density at radius 1 is 0.407 bits per heavy atom. The summed E-state index contributed by atoms with van der Waals surface area (Å²) < 4.78 is 28.5. The Labute approximate surface area is 494 Å². The second kappa shape index (κ2) is 56.9. The number of aliphatic hydroxyl groups is 2. The minimum atomic E-state index is -1.91. The predicted molar refractivity (Wildman–Crippen MR) is 331 cm³/mol. The van der Waals surface area contributed by atoms with Crippen LogP contribution in [0.4, 0.5) is 0 Å². The Balaban J connectivity index is 2.63. The van der Waals surface area contributed by atoms with E-state index in [2.05, 4.69) is 81.5 Å². The van der Waals surface area contributed by atoms with Crippen LogP contribution in [0.1, 0.15) is 303 Å². The highest BCUT2D eigenvalue weighted by Crippen LogP contribution is 2.27. The molecule has 468 valence electrons. The van der Waals surface area contributed by atoms with Crippen molar-refractivity contribution in [2.24, 2.45) is 0 Å². The molecule has 81 heavy (non-hydrogen) atoms. The van der Waals surface area contributed by atoms with Crippen LogP contribution in [0, 0.1) is 0 Å². The number of carboxylic acid groups (broad SMARTS) is 1. The van der Waals surface area contributed by atoms with Gasteiger partial charge in [0.25, 0.3) is 0 Å². The fourth-order valence-corrected chi connectivity index (χ4v) is 9.94. The zero-order valence-electron chi connectivity index (χ0n) is 51.8. The number of aliphatic carboxylic acids is 1. The standard InChI is InChI=1S/C69H120O12/c1-4-7-10-13-16-19-22-25-27-29-31-33-35-38-40-43-46-49-52-55-61(70)77-58-60(79-62(71)56-53-50-47-44-41-37-24-21-18-15-12-9-6-3)59-78-69-67(65(74)64(73)66(81-69)68(75)76)80-63(72)57-54-51-48-45-42-39-36-34-32-30-28-26-23-20-17-14-11-8-5-2/h16-17,19-20,25-28,32,34,60,64-67,69,73-74H,4-15,18,21-24,29-31,33,35-59H2,1-3H3,(H,75,76)/b19-16-,20-17-,27-25-,28-26-,34-32-. The monoisotopic (exact) mass is 1140 g/mol. The molecule has 0 aliphatic carbocycles. The van der Waals surface area contributed by atoms with Crippen molar-refractivity contribution in [3.63, 3.8) is 0 Å². The van der Waals surface area contributed by atoms with Gasteiger partial charge in [-0.05, 0) is 89.9 Å². The molecule has 1 rings (SSSR count). The van der Waals surface area contributed by atoms with Gasteiger partial charge >= 0.3 is 23.9 Å². The maximum atomic E-state index is 13.2. The molecule has 0 aromatic heterocycles. The average molecular weight is 1140 g/mol. The van der Waals surface area contributed by atoms with E-state index in [1.165, 1.54) is 141 Å². The number of carbonyl (C=O) groups excluding carboxylic acids is 3. The molecule has 3 N–H and O–H groups in total. The lowest BCUT2D eigenvalue weighted by molar-refractivity contribution is -0.301. The fourth-order valence-electron chi connectivity index (χ4n) is 9.94. The van der Waals surface area contributed by atoms with Gasteiger partial charge in [-0.2, -0.15) is 0 Å². The number of carboxylic acids is 1. The highest BCUT2D eigenvalue weighted by Gasteiger charge is 2.50. The van der Waals surface area contributed by atoms with Gasteiger partial charge in [0.15, 0.2) is 24.6 Å². The van der Waals surface area contributed by atoms with E-state index in [0.717, 1.165) is 103 Å². The molecule has 0 bridgehead atoms. The molecule has 0 spiro atoms. The molecule has 1 fully saturated rings. The van der Waals surface area contributed by atoms with Crippen LogP contribution in [0.2, 0.25) is 0 Å². The van der Waals surface area contributed by atoms with E-state index in [9.17, 15) is 34.5 Å². The topological polar surface area (TPSA) is 175 Å². The van der Waals surface area contributed by atoms with Crippen LogP contribution in [0.15, 0.2) is 60.8 Å². The molecule has 12 heteroatoms. The molecule has 0 amide bonds. The Hall–Kier alpha value is -3.58. The van der Waals surface area contributed by atoms with Gasteiger partial charge in [-0.3, -0.25) is 14.4 Å². The molecule has 0 aromatic rings. The number of rotatable bonds is 57. The van der Waals surface area contributed by atoms with Crippen LogP contribution < -0.4 is 0 Å². The van der Waals surface area contributed by atoms with Gasteiger partial charge in [-0.1, -0.05) is 255 Å². The third kappa shape index (κ3) is 46.5. The molecule has 6 atom stereocenters. The average Bonchev–Trinajstić information content (AvgIpc) is 3.54. The summed E-state index contributed by atoms with van der Waals surface area (Å²) >= 11 is 0. The lowest BCUT2D eigenvalue weighted by Gasteiger charge is -2.40. The van der Waals surface area contributed by atoms with Crippen LogP contribution in [-0.2, 0) is 42.9 Å². The summed E-state index contributed by atoms with van der Waals surface area (Å²) in [5.74, 6) is -3.12. The number of ether oxygens (including phenoxy) is 5. The molecule has 0 aromatic carbocycles. The van der Waals surface area contributed by atoms with Crippen LogP contribution in [0.5, 0.6) is 0 Å². The number of hydrogen-bond donors (Lipinski definition) is 3. The maximum Gasteiger partial charge on any atom is 0.335 e. The number of hydrogen-bond acceptors (Lipinski definition) is 11. The van der Waals surface area contributed by atoms with Crippen molar-refractivity contribution < 1.29 is 58.2 Å². The quantitative estimate of drug-likeness (QED) is 0.0228. The highest BCUT2D eigenvalue weighted by atomic mass is 16.7. The van der Waals surface area contributed by atoms with Gasteiger partial charge in [0.2, 0.25) is 0 Å². The van der Waals surface area contributed by atoms with Crippen molar-refractivity contribution in [3.05, 3.63) is 60.8 Å². The molecule has 0 saturated carbocycles. The normalized spacial score (nSPS) is 18.1. The smallest absolute Gasteiger partial charge is 0.335 e. The number of carbonyl (C=O) groups is 4. The van der Waals surface area contributed by atoms with Crippen LogP contribution in [0.3, 0.4) is 0 Å². The van der Waals surface area contributed by atoms with Crippen molar-refractivity contribution in [1.82, 2.24) is 0 Å². The van der Waals surface area contributed by atoms with Gasteiger partial charge in [0, 0.05) is 19.3 Å². The van der Waals surface area contributed by atoms with E-state index in [1.54, 1.807) is 0 Å². The molecule has 6 unspecified atom stereocenters. The van der Waals surface area contributed by atoms with Gasteiger partial charge in [0.1, 0.15) is 18.8 Å². The van der Waals surface area contributed by atoms with Crippen LogP contribution in [-0.4, -0.2) is 89.2 Å². The molecule has 1 heterocycles. The van der Waals surface area contributed by atoms with E-state index in [0.29, 0.717) is 19.3 Å². The third-order valence-electron chi connectivity index (χ3n) is 15.1. The van der Waals surface area contributed by atoms with E-state index in [4.69, 9.17) is 23.7 Å². The Morgan fingerprint density at radius 2 is 0.741 bits per heavy atom. The van der Waals surface area contributed by atoms with Crippen LogP contribution >= 0.6 is 0 Å². The van der Waals surface area contributed by atoms with Gasteiger partial charge in [-0.15, -0.1) is 0 Å². The first-order valence-corrected chi connectivity index (χ1v) is 33.3. The minimum Gasteiger partial charge on any atom is -0.479 e. The summed E-state index contributed by atoms with van der Waals surface area (Å²) in [5, 5.41) is 31.6. The fraction of sp³-hybridized carbons (Fsp3) is 0.797. The van der Waals surface area contributed by atoms with Crippen molar-refractivity contribution in [1.29, 1.82) is 0 Å². The molecule has 0 radical (unpaired) electrons. The number of unbranched alkanes of at least 4 members (excludes halogenated alkanes) is 33. The lowest BCUT2D eigenvalue weighted by Crippen LogP contribution is -2.61. The summed E-state index contributed by atoms with van der Waals surface area (Å²) in [6.45, 7) is 5.97. The van der Waals surface area contributed by atoms with E-state index < -0.39 is 67.3 Å². The Morgan fingerprint density at radius 3 is 1.15 bits per heavy atom. The van der Waals surface area contributed by atoms with Gasteiger partial charge < -0.3 is 39.0 Å². The van der Waals surface area contributed by atoms with E-state index in [1.807, 2.05) is 0 Å². The number of aliphatic hydroxyl groups excluding tert-OH is 2. The largest absolute Gasteiger partial charge is 0.479 e. The third-order valence-corrected chi connectivity index (χ3v) is 15.1. The minimum absolute atomic E-state index is 0.0466. The summed E-state index contributed by atoms with van der Waals surface area (Å²) in [5.41, 5.74) is 0. The predicted octanol–water partition coefficient (Wildman–Crippen LogP) is 17.9. The van der Waals surface area contributed by atoms with E-state index >= 15 is 0 Å². The van der Waals surface area contributed by atoms with Crippen LogP contribution in [0.25, 0.3) is 0 Å². The zero-order chi connectivity index (χ0) is 58.9. The molecule has 1 aliphatic heterocycles. The molecule has 12 nitrogen and oxygen atoms in total. The summed E-state index contributed by atoms with van der Waals surface area (Å²) in [6, 6.07) is 0. The lowest BCUT2D eigenvalue weighted by atomic mass is 9.98. The summed E-state index contributed by atoms with van der Waals surface area (Å²) in [4.78, 5) is 51.3. The van der Waals surface area contributed by atoms with Crippen molar-refractivity contribution in [3.8, 4) is 0 Å². The maximum absolute atomic E-state index is 13.2. The number of esters is 3. The molecule has 1 aliphatic rings. The van der Waals surface area contributed by atoms with Crippen molar-refractivity contribution in [2.45, 2.75) is 340 Å². The summed E-state index contributed by atoms with van der Waals surface area (Å²) in [7, 11) is 0. The molecule has 1 saturated heterocycles. The zero-order valence-corrected chi connectivity index (χ0v) is 51.8. The Bertz CT molecular complexity index is 1640. The highest BCUT2D eigenvalue weighted by molar-refractivity contribution is 5.74. The SMILES string of the molecule is CCCCC/C=C\C/C=C\C/C=C\CCCCCCCCC(=O)OC1C(OCC(COC(=O)CCCCCCCCCCC/C=C\C/C=C\CCCCC)OC(=O)CCCCCCCCCCCCCCC)OC(C(=O)O)C(O)C1O. The number of allylic oxidation sites excluding steroid dienone is 10. The molecular formula is C69H120O12. The van der Waals surface area contributed by atoms with Crippen molar-refractivity contribution in [2.75, 3.05) is 13.2 Å². The summed E-state index contributed by atoms with van der Waals surface area (Å²) in [6.07, 6.45) is 58.8. The first kappa shape index (κ1) is 75.4. The second-order valence-corrected chi connectivity index (χ2v) is 22.8. The Kier molecular flexibility index (Phi) is 53.0.